The second kappa shape index (κ2) is 5.75. The Morgan fingerprint density at radius 3 is 2.84 bits per heavy atom. The average Bonchev–Trinajstić information content (AvgIpc) is 2.95. The molecule has 0 saturated carbocycles. The summed E-state index contributed by atoms with van der Waals surface area (Å²) in [5.41, 5.74) is 1.20. The first-order chi connectivity index (χ1) is 8.94. The molecule has 0 bridgehead atoms. The van der Waals surface area contributed by atoms with Crippen molar-refractivity contribution in [2.45, 2.75) is 39.4 Å². The van der Waals surface area contributed by atoms with Crippen molar-refractivity contribution in [3.63, 3.8) is 0 Å². The van der Waals surface area contributed by atoms with Crippen molar-refractivity contribution >= 4 is 16.5 Å². The quantitative estimate of drug-likeness (QED) is 0.912. The van der Waals surface area contributed by atoms with E-state index in [9.17, 15) is 0 Å². The Morgan fingerprint density at radius 2 is 2.21 bits per heavy atom. The third kappa shape index (κ3) is 4.36. The van der Waals surface area contributed by atoms with E-state index in [0.717, 1.165) is 29.7 Å². The number of nitrogens with zero attached hydrogens (tertiary/aromatic N) is 2. The molecule has 104 valence electrons. The molecular formula is C14H21N3OS. The van der Waals surface area contributed by atoms with Crippen LogP contribution in [0.25, 0.3) is 0 Å². The largest absolute Gasteiger partial charge is 0.467 e. The van der Waals surface area contributed by atoms with Crippen molar-refractivity contribution in [1.29, 1.82) is 0 Å². The van der Waals surface area contributed by atoms with Crippen LogP contribution < -0.4 is 10.2 Å². The van der Waals surface area contributed by atoms with Gasteiger partial charge in [-0.2, -0.15) is 0 Å². The summed E-state index contributed by atoms with van der Waals surface area (Å²) in [5, 5.41) is 6.56. The Bertz CT molecular complexity index is 499. The lowest BCUT2D eigenvalue weighted by atomic mass is 10.1. The van der Waals surface area contributed by atoms with Gasteiger partial charge in [0.1, 0.15) is 5.76 Å². The van der Waals surface area contributed by atoms with Gasteiger partial charge in [-0.1, -0.05) is 0 Å². The molecule has 2 rings (SSSR count). The van der Waals surface area contributed by atoms with Gasteiger partial charge in [0.05, 0.1) is 18.5 Å². The summed E-state index contributed by atoms with van der Waals surface area (Å²) >= 11 is 1.66. The Balaban J connectivity index is 1.92. The fourth-order valence-corrected chi connectivity index (χ4v) is 2.40. The predicted molar refractivity (Wildman–Crippen MR) is 79.5 cm³/mol. The normalized spacial score (nSPS) is 11.8. The SMILES string of the molecule is CN(Cc1ccco1)c1nc(CNC(C)(C)C)cs1. The van der Waals surface area contributed by atoms with Crippen molar-refractivity contribution < 1.29 is 4.42 Å². The maximum atomic E-state index is 5.35. The van der Waals surface area contributed by atoms with Crippen LogP contribution in [-0.2, 0) is 13.1 Å². The molecular weight excluding hydrogens is 258 g/mol. The molecule has 0 aliphatic heterocycles. The molecule has 0 spiro atoms. The fraction of sp³-hybridized carbons (Fsp3) is 0.500. The van der Waals surface area contributed by atoms with Gasteiger partial charge in [0.15, 0.2) is 5.13 Å². The highest BCUT2D eigenvalue weighted by atomic mass is 32.1. The molecule has 0 unspecified atom stereocenters. The standard InChI is InChI=1S/C14H21N3OS/c1-14(2,3)15-8-11-10-19-13(16-11)17(4)9-12-6-5-7-18-12/h5-7,10,15H,8-9H2,1-4H3. The zero-order chi connectivity index (χ0) is 13.9. The summed E-state index contributed by atoms with van der Waals surface area (Å²) in [6, 6.07) is 3.88. The molecule has 5 heteroatoms. The van der Waals surface area contributed by atoms with Crippen molar-refractivity contribution in [2.24, 2.45) is 0 Å². The first-order valence-electron chi connectivity index (χ1n) is 6.37. The average molecular weight is 279 g/mol. The predicted octanol–water partition coefficient (Wildman–Crippen LogP) is 3.26. The van der Waals surface area contributed by atoms with Crippen LogP contribution in [0.1, 0.15) is 32.2 Å². The van der Waals surface area contributed by atoms with Crippen molar-refractivity contribution in [2.75, 3.05) is 11.9 Å². The molecule has 2 aromatic heterocycles. The minimum absolute atomic E-state index is 0.115. The number of nitrogens with one attached hydrogen (secondary N) is 1. The van der Waals surface area contributed by atoms with Gasteiger partial charge in [0.2, 0.25) is 0 Å². The monoisotopic (exact) mass is 279 g/mol. The van der Waals surface area contributed by atoms with E-state index in [1.807, 2.05) is 19.2 Å². The number of hydrogen-bond donors (Lipinski definition) is 1. The van der Waals surface area contributed by atoms with Gasteiger partial charge in [0, 0.05) is 24.5 Å². The molecule has 0 fully saturated rings. The van der Waals surface area contributed by atoms with E-state index in [0.29, 0.717) is 0 Å². The first kappa shape index (κ1) is 14.1. The maximum absolute atomic E-state index is 5.35. The molecule has 1 N–H and O–H groups in total. The Kier molecular flexibility index (Phi) is 4.27. The van der Waals surface area contributed by atoms with Crippen LogP contribution in [0, 0.1) is 0 Å². The van der Waals surface area contributed by atoms with Crippen molar-refractivity contribution in [1.82, 2.24) is 10.3 Å². The van der Waals surface area contributed by atoms with Gasteiger partial charge in [0.25, 0.3) is 0 Å². The second-order valence-corrected chi connectivity index (χ2v) is 6.50. The molecule has 4 nitrogen and oxygen atoms in total. The summed E-state index contributed by atoms with van der Waals surface area (Å²) < 4.78 is 5.35. The zero-order valence-electron chi connectivity index (χ0n) is 11.9. The van der Waals surface area contributed by atoms with Gasteiger partial charge in [-0.15, -0.1) is 11.3 Å². The van der Waals surface area contributed by atoms with E-state index in [2.05, 4.69) is 41.4 Å². The number of rotatable bonds is 5. The highest BCUT2D eigenvalue weighted by Crippen LogP contribution is 2.21. The fourth-order valence-electron chi connectivity index (χ4n) is 1.61. The molecule has 19 heavy (non-hydrogen) atoms. The number of aromatic nitrogens is 1. The first-order valence-corrected chi connectivity index (χ1v) is 7.25. The van der Waals surface area contributed by atoms with E-state index in [1.54, 1.807) is 17.6 Å². The number of furan rings is 1. The highest BCUT2D eigenvalue weighted by molar-refractivity contribution is 7.13. The number of hydrogen-bond acceptors (Lipinski definition) is 5. The van der Waals surface area contributed by atoms with Crippen LogP contribution in [0.4, 0.5) is 5.13 Å². The topological polar surface area (TPSA) is 41.3 Å². The summed E-state index contributed by atoms with van der Waals surface area (Å²) in [5.74, 6) is 0.951. The molecule has 0 aliphatic carbocycles. The lowest BCUT2D eigenvalue weighted by molar-refractivity contribution is 0.422. The van der Waals surface area contributed by atoms with Gasteiger partial charge in [-0.25, -0.2) is 4.98 Å². The molecule has 2 heterocycles. The van der Waals surface area contributed by atoms with Crippen LogP contribution in [0.5, 0.6) is 0 Å². The summed E-state index contributed by atoms with van der Waals surface area (Å²) in [4.78, 5) is 6.74. The molecule has 0 aliphatic rings. The third-order valence-electron chi connectivity index (χ3n) is 2.64. The minimum Gasteiger partial charge on any atom is -0.467 e. The Hall–Kier alpha value is -1.33. The van der Waals surface area contributed by atoms with Gasteiger partial charge < -0.3 is 14.6 Å². The van der Waals surface area contributed by atoms with E-state index in [-0.39, 0.29) is 5.54 Å². The number of thiazole rings is 1. The van der Waals surface area contributed by atoms with Crippen LogP contribution in [0.15, 0.2) is 28.2 Å². The smallest absolute Gasteiger partial charge is 0.185 e. The Labute approximate surface area is 118 Å². The third-order valence-corrected chi connectivity index (χ3v) is 3.64. The number of anilines is 1. The Morgan fingerprint density at radius 1 is 1.42 bits per heavy atom. The molecule has 0 atom stereocenters. The van der Waals surface area contributed by atoms with Crippen LogP contribution in [0.2, 0.25) is 0 Å². The summed E-state index contributed by atoms with van der Waals surface area (Å²) in [6.45, 7) is 8.01. The highest BCUT2D eigenvalue weighted by Gasteiger charge is 2.12. The zero-order valence-corrected chi connectivity index (χ0v) is 12.8. The molecule has 0 saturated heterocycles. The minimum atomic E-state index is 0.115. The van der Waals surface area contributed by atoms with Gasteiger partial charge in [-0.05, 0) is 32.9 Å². The van der Waals surface area contributed by atoms with Crippen molar-refractivity contribution in [3.8, 4) is 0 Å². The van der Waals surface area contributed by atoms with E-state index >= 15 is 0 Å². The summed E-state index contributed by atoms with van der Waals surface area (Å²) in [7, 11) is 2.03. The summed E-state index contributed by atoms with van der Waals surface area (Å²) in [6.07, 6.45) is 1.70. The lowest BCUT2D eigenvalue weighted by Crippen LogP contribution is -2.35. The van der Waals surface area contributed by atoms with Gasteiger partial charge in [-0.3, -0.25) is 0 Å². The van der Waals surface area contributed by atoms with Gasteiger partial charge >= 0.3 is 0 Å². The lowest BCUT2D eigenvalue weighted by Gasteiger charge is -2.19. The molecule has 2 aromatic rings. The molecule has 0 amide bonds. The van der Waals surface area contributed by atoms with E-state index in [1.165, 1.54) is 0 Å². The van der Waals surface area contributed by atoms with E-state index < -0.39 is 0 Å². The van der Waals surface area contributed by atoms with Crippen LogP contribution in [-0.4, -0.2) is 17.6 Å². The van der Waals surface area contributed by atoms with Crippen molar-refractivity contribution in [3.05, 3.63) is 35.2 Å². The maximum Gasteiger partial charge on any atom is 0.185 e. The van der Waals surface area contributed by atoms with Crippen LogP contribution in [0.3, 0.4) is 0 Å². The molecule has 0 aromatic carbocycles. The second-order valence-electron chi connectivity index (χ2n) is 5.66. The molecule has 0 radical (unpaired) electrons. The van der Waals surface area contributed by atoms with E-state index in [4.69, 9.17) is 4.42 Å². The van der Waals surface area contributed by atoms with Crippen LogP contribution >= 0.6 is 11.3 Å².